The standard InChI is InChI=1S/C24H32BrN3O6S/c1-16(2)26-24(30)17(3)27(14-18-7-9-19(25)10-8-18)23(29)15-28(35(6,31)32)20-11-12-21(33-4)22(13-20)34-5/h7-13,16-17H,14-15H2,1-6H3,(H,26,30). The molecule has 0 saturated heterocycles. The Bertz CT molecular complexity index is 1140. The SMILES string of the molecule is COc1ccc(N(CC(=O)N(Cc2ccc(Br)cc2)C(C)C(=O)NC(C)C)S(C)(=O)=O)cc1OC. The molecule has 0 aromatic heterocycles. The van der Waals surface area contributed by atoms with E-state index in [4.69, 9.17) is 9.47 Å². The number of rotatable bonds is 11. The number of benzene rings is 2. The fourth-order valence-corrected chi connectivity index (χ4v) is 4.47. The summed E-state index contributed by atoms with van der Waals surface area (Å²) in [6.45, 7) is 4.91. The van der Waals surface area contributed by atoms with Crippen molar-refractivity contribution in [2.45, 2.75) is 39.4 Å². The minimum absolute atomic E-state index is 0.117. The van der Waals surface area contributed by atoms with E-state index in [0.717, 1.165) is 20.6 Å². The van der Waals surface area contributed by atoms with Gasteiger partial charge in [-0.3, -0.25) is 13.9 Å². The number of nitrogens with one attached hydrogen (secondary N) is 1. The third-order valence-corrected chi connectivity index (χ3v) is 6.87. The molecule has 2 aromatic carbocycles. The number of anilines is 1. The van der Waals surface area contributed by atoms with E-state index in [0.29, 0.717) is 11.5 Å². The molecular formula is C24H32BrN3O6S. The minimum Gasteiger partial charge on any atom is -0.493 e. The van der Waals surface area contributed by atoms with E-state index in [2.05, 4.69) is 21.2 Å². The van der Waals surface area contributed by atoms with Crippen LogP contribution in [-0.2, 0) is 26.2 Å². The maximum atomic E-state index is 13.5. The monoisotopic (exact) mass is 569 g/mol. The van der Waals surface area contributed by atoms with Crippen LogP contribution in [0.2, 0.25) is 0 Å². The summed E-state index contributed by atoms with van der Waals surface area (Å²) in [5.74, 6) is -0.114. The van der Waals surface area contributed by atoms with E-state index in [-0.39, 0.29) is 24.2 Å². The van der Waals surface area contributed by atoms with Crippen LogP contribution in [0.5, 0.6) is 11.5 Å². The fraction of sp³-hybridized carbons (Fsp3) is 0.417. The van der Waals surface area contributed by atoms with Crippen molar-refractivity contribution in [3.8, 4) is 11.5 Å². The minimum atomic E-state index is -3.85. The van der Waals surface area contributed by atoms with E-state index in [1.807, 2.05) is 38.1 Å². The topological polar surface area (TPSA) is 105 Å². The molecule has 0 fully saturated rings. The number of carbonyl (C=O) groups excluding carboxylic acids is 2. The lowest BCUT2D eigenvalue weighted by molar-refractivity contribution is -0.139. The number of carbonyl (C=O) groups is 2. The molecule has 0 spiro atoms. The summed E-state index contributed by atoms with van der Waals surface area (Å²) in [5.41, 5.74) is 1.03. The van der Waals surface area contributed by atoms with Crippen molar-refractivity contribution in [2.24, 2.45) is 0 Å². The van der Waals surface area contributed by atoms with Crippen LogP contribution in [-0.4, -0.2) is 64.2 Å². The maximum absolute atomic E-state index is 13.5. The van der Waals surface area contributed by atoms with Crippen LogP contribution in [0.3, 0.4) is 0 Å². The number of amides is 2. The number of sulfonamides is 1. The van der Waals surface area contributed by atoms with Crippen molar-refractivity contribution in [1.82, 2.24) is 10.2 Å². The average molecular weight is 571 g/mol. The first kappa shape index (κ1) is 28.4. The molecule has 2 amide bonds. The Hall–Kier alpha value is -2.79. The molecule has 0 saturated carbocycles. The fourth-order valence-electron chi connectivity index (χ4n) is 3.37. The summed E-state index contributed by atoms with van der Waals surface area (Å²) in [7, 11) is -0.944. The third-order valence-electron chi connectivity index (χ3n) is 5.20. The zero-order valence-electron chi connectivity index (χ0n) is 20.7. The Morgan fingerprint density at radius 2 is 1.60 bits per heavy atom. The summed E-state index contributed by atoms with van der Waals surface area (Å²) in [4.78, 5) is 27.7. The van der Waals surface area contributed by atoms with Gasteiger partial charge in [-0.05, 0) is 50.6 Å². The lowest BCUT2D eigenvalue weighted by Crippen LogP contribution is -2.52. The lowest BCUT2D eigenvalue weighted by Gasteiger charge is -2.32. The van der Waals surface area contributed by atoms with Gasteiger partial charge in [0.1, 0.15) is 12.6 Å². The molecule has 2 rings (SSSR count). The van der Waals surface area contributed by atoms with Gasteiger partial charge in [-0.15, -0.1) is 0 Å². The molecule has 1 N–H and O–H groups in total. The van der Waals surface area contributed by atoms with Gasteiger partial charge in [-0.1, -0.05) is 28.1 Å². The molecule has 0 aliphatic carbocycles. The molecule has 35 heavy (non-hydrogen) atoms. The van der Waals surface area contributed by atoms with Gasteiger partial charge in [0.15, 0.2) is 11.5 Å². The van der Waals surface area contributed by atoms with Crippen LogP contribution in [0.25, 0.3) is 0 Å². The van der Waals surface area contributed by atoms with Gasteiger partial charge >= 0.3 is 0 Å². The number of nitrogens with zero attached hydrogens (tertiary/aromatic N) is 2. The van der Waals surface area contributed by atoms with Gasteiger partial charge in [0.25, 0.3) is 0 Å². The molecule has 0 aliphatic heterocycles. The van der Waals surface area contributed by atoms with Crippen LogP contribution in [0, 0.1) is 0 Å². The highest BCUT2D eigenvalue weighted by atomic mass is 79.9. The summed E-state index contributed by atoms with van der Waals surface area (Å²) in [6, 6.07) is 11.0. The van der Waals surface area contributed by atoms with Crippen LogP contribution in [0.4, 0.5) is 5.69 Å². The predicted octanol–water partition coefficient (Wildman–Crippen LogP) is 3.17. The van der Waals surface area contributed by atoms with Crippen LogP contribution >= 0.6 is 15.9 Å². The Morgan fingerprint density at radius 1 is 1.00 bits per heavy atom. The second-order valence-electron chi connectivity index (χ2n) is 8.30. The lowest BCUT2D eigenvalue weighted by atomic mass is 10.1. The maximum Gasteiger partial charge on any atom is 0.244 e. The van der Waals surface area contributed by atoms with E-state index in [9.17, 15) is 18.0 Å². The summed E-state index contributed by atoms with van der Waals surface area (Å²) in [6.07, 6.45) is 1.02. The molecule has 2 aromatic rings. The van der Waals surface area contributed by atoms with Gasteiger partial charge < -0.3 is 19.7 Å². The highest BCUT2D eigenvalue weighted by Gasteiger charge is 2.30. The molecule has 1 atom stereocenters. The van der Waals surface area contributed by atoms with Crippen LogP contribution in [0.1, 0.15) is 26.3 Å². The van der Waals surface area contributed by atoms with Crippen molar-refractivity contribution in [1.29, 1.82) is 0 Å². The van der Waals surface area contributed by atoms with Crippen molar-refractivity contribution >= 4 is 43.5 Å². The summed E-state index contributed by atoms with van der Waals surface area (Å²) in [5, 5.41) is 2.81. The second kappa shape index (κ2) is 12.3. The average Bonchev–Trinajstić information content (AvgIpc) is 2.79. The summed E-state index contributed by atoms with van der Waals surface area (Å²) < 4.78 is 37.7. The first-order valence-corrected chi connectivity index (χ1v) is 13.6. The molecule has 9 nitrogen and oxygen atoms in total. The van der Waals surface area contributed by atoms with E-state index >= 15 is 0 Å². The van der Waals surface area contributed by atoms with Gasteiger partial charge in [0.2, 0.25) is 21.8 Å². The van der Waals surface area contributed by atoms with Gasteiger partial charge in [0.05, 0.1) is 26.2 Å². The van der Waals surface area contributed by atoms with E-state index < -0.39 is 28.5 Å². The van der Waals surface area contributed by atoms with Crippen LogP contribution < -0.4 is 19.1 Å². The first-order valence-electron chi connectivity index (χ1n) is 10.9. The van der Waals surface area contributed by atoms with Gasteiger partial charge in [-0.2, -0.15) is 0 Å². The Morgan fingerprint density at radius 3 is 2.11 bits per heavy atom. The van der Waals surface area contributed by atoms with E-state index in [1.165, 1.54) is 31.3 Å². The molecule has 0 radical (unpaired) electrons. The van der Waals surface area contributed by atoms with Crippen molar-refractivity contribution in [3.05, 3.63) is 52.5 Å². The quantitative estimate of drug-likeness (QED) is 0.445. The molecule has 0 bridgehead atoms. The second-order valence-corrected chi connectivity index (χ2v) is 11.1. The predicted molar refractivity (Wildman–Crippen MR) is 139 cm³/mol. The number of hydrogen-bond acceptors (Lipinski definition) is 6. The summed E-state index contributed by atoms with van der Waals surface area (Å²) >= 11 is 3.39. The molecule has 11 heteroatoms. The number of methoxy groups -OCH3 is 2. The molecule has 1 unspecified atom stereocenters. The Balaban J connectivity index is 2.43. The Kier molecular flexibility index (Phi) is 9.96. The molecular weight excluding hydrogens is 538 g/mol. The molecule has 0 heterocycles. The molecule has 0 aliphatic rings. The zero-order valence-corrected chi connectivity index (χ0v) is 23.1. The zero-order chi connectivity index (χ0) is 26.3. The van der Waals surface area contributed by atoms with Crippen LogP contribution in [0.15, 0.2) is 46.9 Å². The first-order chi connectivity index (χ1) is 16.4. The van der Waals surface area contributed by atoms with Crippen molar-refractivity contribution in [2.75, 3.05) is 31.3 Å². The number of halogens is 1. The third kappa shape index (κ3) is 7.86. The normalized spacial score (nSPS) is 12.1. The van der Waals surface area contributed by atoms with Gasteiger partial charge in [-0.25, -0.2) is 8.42 Å². The number of ether oxygens (including phenoxy) is 2. The highest BCUT2D eigenvalue weighted by Crippen LogP contribution is 2.32. The smallest absolute Gasteiger partial charge is 0.244 e. The Labute approximate surface area is 215 Å². The van der Waals surface area contributed by atoms with E-state index in [1.54, 1.807) is 13.0 Å². The largest absolute Gasteiger partial charge is 0.493 e. The van der Waals surface area contributed by atoms with Crippen molar-refractivity contribution in [3.63, 3.8) is 0 Å². The van der Waals surface area contributed by atoms with Gasteiger partial charge in [0, 0.05) is 23.1 Å². The van der Waals surface area contributed by atoms with Crippen molar-refractivity contribution < 1.29 is 27.5 Å². The molecule has 192 valence electrons. The number of hydrogen-bond donors (Lipinski definition) is 1. The highest BCUT2D eigenvalue weighted by molar-refractivity contribution is 9.10.